The van der Waals surface area contributed by atoms with Gasteiger partial charge in [-0.3, -0.25) is 0 Å². The first kappa shape index (κ1) is 14.1. The molecule has 0 saturated carbocycles. The molecule has 0 fully saturated rings. The van der Waals surface area contributed by atoms with Crippen LogP contribution in [0.4, 0.5) is 0 Å². The average Bonchev–Trinajstić information content (AvgIpc) is 2.93. The highest BCUT2D eigenvalue weighted by molar-refractivity contribution is 5.93. The molecule has 3 rings (SSSR count). The summed E-state index contributed by atoms with van der Waals surface area (Å²) in [4.78, 5) is 12.1. The minimum Gasteiger partial charge on any atom is -0.497 e. The molecule has 0 radical (unpaired) electrons. The Kier molecular flexibility index (Phi) is 3.74. The molecule has 0 aliphatic heterocycles. The Hall–Kier alpha value is -2.89. The predicted molar refractivity (Wildman–Crippen MR) is 80.6 cm³/mol. The maximum absolute atomic E-state index is 12.1. The lowest BCUT2D eigenvalue weighted by Crippen LogP contribution is -2.05. The molecule has 22 heavy (non-hydrogen) atoms. The Morgan fingerprint density at radius 2 is 1.95 bits per heavy atom. The molecule has 6 nitrogen and oxygen atoms in total. The number of hydrogen-bond acceptors (Lipinski definition) is 5. The normalized spacial score (nSPS) is 10.6. The number of aryl methyl sites for hydroxylation is 1. The van der Waals surface area contributed by atoms with Crippen molar-refractivity contribution in [3.8, 4) is 5.75 Å². The Labute approximate surface area is 127 Å². The molecule has 3 aromatic rings. The third kappa shape index (κ3) is 2.76. The van der Waals surface area contributed by atoms with Crippen LogP contribution in [0.2, 0.25) is 0 Å². The standard InChI is InChI=1S/C16H15N3O3/c1-19-15-8-5-12(9-14(15)17-18-19)16(20)22-10-11-3-6-13(21-2)7-4-11/h3-9H,10H2,1-2H3. The molecule has 0 spiro atoms. The zero-order chi connectivity index (χ0) is 15.5. The number of aromatic nitrogens is 3. The molecule has 0 unspecified atom stereocenters. The molecule has 1 aromatic heterocycles. The SMILES string of the molecule is COc1ccc(COC(=O)c2ccc3c(c2)nnn3C)cc1. The molecule has 0 amide bonds. The first-order valence-corrected chi connectivity index (χ1v) is 6.77. The summed E-state index contributed by atoms with van der Waals surface area (Å²) in [6.07, 6.45) is 0. The van der Waals surface area contributed by atoms with Gasteiger partial charge in [0.05, 0.1) is 18.2 Å². The van der Waals surface area contributed by atoms with E-state index in [1.165, 1.54) is 0 Å². The number of carbonyl (C=O) groups excluding carboxylic acids is 1. The van der Waals surface area contributed by atoms with E-state index in [1.54, 1.807) is 37.0 Å². The second-order valence-electron chi connectivity index (χ2n) is 4.84. The Bertz CT molecular complexity index is 809. The minimum atomic E-state index is -0.386. The summed E-state index contributed by atoms with van der Waals surface area (Å²) in [6, 6.07) is 12.6. The van der Waals surface area contributed by atoms with Crippen LogP contribution in [0.15, 0.2) is 42.5 Å². The molecular formula is C16H15N3O3. The minimum absolute atomic E-state index is 0.210. The van der Waals surface area contributed by atoms with Gasteiger partial charge < -0.3 is 9.47 Å². The average molecular weight is 297 g/mol. The summed E-state index contributed by atoms with van der Waals surface area (Å²) in [7, 11) is 3.41. The lowest BCUT2D eigenvalue weighted by atomic mass is 10.2. The van der Waals surface area contributed by atoms with Crippen LogP contribution in [0.5, 0.6) is 5.75 Å². The Balaban J connectivity index is 1.69. The Morgan fingerprint density at radius 3 is 2.68 bits per heavy atom. The summed E-state index contributed by atoms with van der Waals surface area (Å²) < 4.78 is 12.0. The number of carbonyl (C=O) groups is 1. The van der Waals surface area contributed by atoms with Gasteiger partial charge in [0.25, 0.3) is 0 Å². The molecule has 2 aromatic carbocycles. The molecule has 0 saturated heterocycles. The largest absolute Gasteiger partial charge is 0.497 e. The lowest BCUT2D eigenvalue weighted by Gasteiger charge is -2.06. The van der Waals surface area contributed by atoms with Crippen molar-refractivity contribution in [2.24, 2.45) is 7.05 Å². The topological polar surface area (TPSA) is 66.2 Å². The Morgan fingerprint density at radius 1 is 1.18 bits per heavy atom. The van der Waals surface area contributed by atoms with Crippen molar-refractivity contribution >= 4 is 17.0 Å². The van der Waals surface area contributed by atoms with Crippen LogP contribution in [0, 0.1) is 0 Å². The quantitative estimate of drug-likeness (QED) is 0.691. The maximum atomic E-state index is 12.1. The van der Waals surface area contributed by atoms with Crippen LogP contribution in [-0.2, 0) is 18.4 Å². The maximum Gasteiger partial charge on any atom is 0.338 e. The van der Waals surface area contributed by atoms with Crippen molar-refractivity contribution < 1.29 is 14.3 Å². The van der Waals surface area contributed by atoms with Gasteiger partial charge >= 0.3 is 5.97 Å². The van der Waals surface area contributed by atoms with Gasteiger partial charge in [0.1, 0.15) is 17.9 Å². The van der Waals surface area contributed by atoms with Gasteiger partial charge in [0.2, 0.25) is 0 Å². The van der Waals surface area contributed by atoms with Gasteiger partial charge in [-0.2, -0.15) is 0 Å². The lowest BCUT2D eigenvalue weighted by molar-refractivity contribution is 0.0473. The van der Waals surface area contributed by atoms with E-state index in [9.17, 15) is 4.79 Å². The number of esters is 1. The van der Waals surface area contributed by atoms with E-state index in [2.05, 4.69) is 10.3 Å². The predicted octanol–water partition coefficient (Wildman–Crippen LogP) is 2.33. The third-order valence-corrected chi connectivity index (χ3v) is 3.38. The van der Waals surface area contributed by atoms with Crippen molar-refractivity contribution in [2.75, 3.05) is 7.11 Å². The summed E-state index contributed by atoms with van der Waals surface area (Å²) in [5.41, 5.74) is 2.89. The summed E-state index contributed by atoms with van der Waals surface area (Å²) >= 11 is 0. The van der Waals surface area contributed by atoms with Crippen LogP contribution in [0.25, 0.3) is 11.0 Å². The van der Waals surface area contributed by atoms with E-state index in [4.69, 9.17) is 9.47 Å². The van der Waals surface area contributed by atoms with Crippen molar-refractivity contribution in [1.29, 1.82) is 0 Å². The number of methoxy groups -OCH3 is 1. The van der Waals surface area contributed by atoms with Gasteiger partial charge in [0.15, 0.2) is 0 Å². The number of fused-ring (bicyclic) bond motifs is 1. The summed E-state index contributed by atoms with van der Waals surface area (Å²) in [5, 5.41) is 7.90. The smallest absolute Gasteiger partial charge is 0.338 e. The van der Waals surface area contributed by atoms with E-state index in [0.29, 0.717) is 11.1 Å². The van der Waals surface area contributed by atoms with Crippen molar-refractivity contribution in [3.05, 3.63) is 53.6 Å². The first-order chi connectivity index (χ1) is 10.7. The molecule has 0 bridgehead atoms. The molecule has 0 aliphatic rings. The molecule has 1 heterocycles. The highest BCUT2D eigenvalue weighted by atomic mass is 16.5. The molecule has 0 aliphatic carbocycles. The third-order valence-electron chi connectivity index (χ3n) is 3.38. The molecule has 0 N–H and O–H groups in total. The molecular weight excluding hydrogens is 282 g/mol. The fourth-order valence-electron chi connectivity index (χ4n) is 2.12. The van der Waals surface area contributed by atoms with Crippen LogP contribution >= 0.6 is 0 Å². The summed E-state index contributed by atoms with van der Waals surface area (Å²) in [6.45, 7) is 0.210. The fourth-order valence-corrected chi connectivity index (χ4v) is 2.12. The number of ether oxygens (including phenoxy) is 2. The van der Waals surface area contributed by atoms with Crippen LogP contribution in [-0.4, -0.2) is 28.1 Å². The van der Waals surface area contributed by atoms with Gasteiger partial charge in [-0.1, -0.05) is 17.3 Å². The van der Waals surface area contributed by atoms with E-state index in [0.717, 1.165) is 16.8 Å². The highest BCUT2D eigenvalue weighted by Crippen LogP contribution is 2.15. The van der Waals surface area contributed by atoms with Crippen molar-refractivity contribution in [1.82, 2.24) is 15.0 Å². The molecule has 112 valence electrons. The van der Waals surface area contributed by atoms with Crippen LogP contribution < -0.4 is 4.74 Å². The number of nitrogens with zero attached hydrogens (tertiary/aromatic N) is 3. The zero-order valence-electron chi connectivity index (χ0n) is 12.3. The van der Waals surface area contributed by atoms with Gasteiger partial charge in [-0.15, -0.1) is 5.10 Å². The number of rotatable bonds is 4. The van der Waals surface area contributed by atoms with Gasteiger partial charge in [-0.05, 0) is 35.9 Å². The van der Waals surface area contributed by atoms with Gasteiger partial charge in [-0.25, -0.2) is 9.48 Å². The number of hydrogen-bond donors (Lipinski definition) is 0. The number of benzene rings is 2. The second kappa shape index (κ2) is 5.85. The van der Waals surface area contributed by atoms with E-state index in [-0.39, 0.29) is 12.6 Å². The van der Waals surface area contributed by atoms with E-state index < -0.39 is 0 Å². The first-order valence-electron chi connectivity index (χ1n) is 6.77. The molecule has 6 heteroatoms. The van der Waals surface area contributed by atoms with E-state index >= 15 is 0 Å². The van der Waals surface area contributed by atoms with Crippen molar-refractivity contribution in [3.63, 3.8) is 0 Å². The zero-order valence-corrected chi connectivity index (χ0v) is 12.3. The molecule has 0 atom stereocenters. The van der Waals surface area contributed by atoms with Gasteiger partial charge in [0, 0.05) is 7.05 Å². The van der Waals surface area contributed by atoms with E-state index in [1.807, 2.05) is 24.3 Å². The van der Waals surface area contributed by atoms with Crippen molar-refractivity contribution in [2.45, 2.75) is 6.61 Å². The fraction of sp³-hybridized carbons (Fsp3) is 0.188. The summed E-state index contributed by atoms with van der Waals surface area (Å²) in [5.74, 6) is 0.381. The van der Waals surface area contributed by atoms with Crippen LogP contribution in [0.1, 0.15) is 15.9 Å². The highest BCUT2D eigenvalue weighted by Gasteiger charge is 2.10. The second-order valence-corrected chi connectivity index (χ2v) is 4.84. The van der Waals surface area contributed by atoms with Crippen LogP contribution in [0.3, 0.4) is 0 Å². The monoisotopic (exact) mass is 297 g/mol.